The minimum Gasteiger partial charge on any atom is -0.398 e. The zero-order chi connectivity index (χ0) is 25.1. The number of amides is 1. The van der Waals surface area contributed by atoms with Crippen LogP contribution in [0.2, 0.25) is 0 Å². The summed E-state index contributed by atoms with van der Waals surface area (Å²) < 4.78 is 64.6. The molecule has 0 aromatic heterocycles. The maximum atomic E-state index is 13.0. The number of benzene rings is 2. The van der Waals surface area contributed by atoms with Gasteiger partial charge in [-0.25, -0.2) is 8.42 Å². The van der Waals surface area contributed by atoms with Crippen LogP contribution < -0.4 is 11.1 Å². The molecule has 0 saturated carbocycles. The van der Waals surface area contributed by atoms with E-state index in [1.165, 1.54) is 24.3 Å². The Bertz CT molecular complexity index is 1180. The summed E-state index contributed by atoms with van der Waals surface area (Å²) in [4.78, 5) is 12.3. The van der Waals surface area contributed by atoms with Gasteiger partial charge in [0, 0.05) is 24.5 Å². The molecule has 1 atom stereocenters. The third kappa shape index (κ3) is 6.23. The van der Waals surface area contributed by atoms with E-state index in [-0.39, 0.29) is 10.6 Å². The van der Waals surface area contributed by atoms with Crippen molar-refractivity contribution in [2.45, 2.75) is 36.4 Å². The van der Waals surface area contributed by atoms with Crippen molar-refractivity contribution in [3.05, 3.63) is 48.0 Å². The molecule has 2 aromatic rings. The number of sulfone groups is 1. The van der Waals surface area contributed by atoms with Gasteiger partial charge in [-0.15, -0.1) is 5.11 Å². The molecule has 1 fully saturated rings. The second-order valence-corrected chi connectivity index (χ2v) is 10.1. The molecule has 4 N–H and O–H groups in total. The number of nitrogens with two attached hydrogens (primary N) is 1. The Hall–Kier alpha value is -3.19. The van der Waals surface area contributed by atoms with Crippen molar-refractivity contribution in [2.24, 2.45) is 10.3 Å². The second-order valence-electron chi connectivity index (χ2n) is 8.13. The molecule has 13 heteroatoms. The number of aliphatic hydroxyl groups is 1. The van der Waals surface area contributed by atoms with Gasteiger partial charge in [0.2, 0.25) is 0 Å². The van der Waals surface area contributed by atoms with Crippen molar-refractivity contribution in [2.75, 3.05) is 29.9 Å². The number of hydrogen-bond donors (Lipinski definition) is 3. The fraction of sp³-hybridized carbons (Fsp3) is 0.381. The molecule has 0 aliphatic carbocycles. The number of hydrogen-bond acceptors (Lipinski definition) is 7. The maximum Gasteiger partial charge on any atom is 0.418 e. The monoisotopic (exact) mass is 499 g/mol. The summed E-state index contributed by atoms with van der Waals surface area (Å²) in [6, 6.07) is 8.10. The fourth-order valence-electron chi connectivity index (χ4n) is 3.29. The summed E-state index contributed by atoms with van der Waals surface area (Å²) in [6.45, 7) is 2.57. The lowest BCUT2D eigenvalue weighted by molar-refractivity contribution is -0.137. The van der Waals surface area contributed by atoms with E-state index >= 15 is 0 Å². The number of anilines is 2. The lowest BCUT2D eigenvalue weighted by atomic mass is 10.1. The number of carbonyl (C=O) groups is 1. The van der Waals surface area contributed by atoms with Crippen LogP contribution in [0.5, 0.6) is 0 Å². The normalized spacial score (nSPS) is 16.6. The molecule has 9 nitrogen and oxygen atoms in total. The minimum absolute atomic E-state index is 0.160. The van der Waals surface area contributed by atoms with E-state index in [4.69, 9.17) is 5.73 Å². The van der Waals surface area contributed by atoms with Crippen molar-refractivity contribution in [3.63, 3.8) is 0 Å². The highest BCUT2D eigenvalue weighted by molar-refractivity contribution is 7.91. The Kier molecular flexibility index (Phi) is 7.17. The predicted molar refractivity (Wildman–Crippen MR) is 119 cm³/mol. The minimum atomic E-state index is -4.75. The number of nitrogen functional groups attached to an aromatic ring is 1. The van der Waals surface area contributed by atoms with Gasteiger partial charge in [0.15, 0.2) is 15.4 Å². The van der Waals surface area contributed by atoms with Crippen molar-refractivity contribution in [1.29, 1.82) is 0 Å². The van der Waals surface area contributed by atoms with E-state index < -0.39 is 44.5 Å². The number of nitrogens with one attached hydrogen (secondary N) is 1. The van der Waals surface area contributed by atoms with Crippen LogP contribution in [-0.2, 0) is 20.8 Å². The van der Waals surface area contributed by atoms with Crippen molar-refractivity contribution in [1.82, 2.24) is 5.01 Å². The number of rotatable bonds is 7. The molecule has 2 aromatic carbocycles. The van der Waals surface area contributed by atoms with Gasteiger partial charge in [-0.2, -0.15) is 13.2 Å². The standard InChI is InChI=1S/C21H24F3N5O4S/c1-20(31,19(30)26-15-6-9-18(25)17(12-15)21(22,23)24)13-34(32,33)16-7-4-14(5-8-16)27-28-29-10-2-3-11-29/h4-9,12,31H,2-3,10-11,13,25H2,1H3,(H,26,30)/t20-/m0/s1. The highest BCUT2D eigenvalue weighted by Gasteiger charge is 2.38. The lowest BCUT2D eigenvalue weighted by Crippen LogP contribution is -2.45. The van der Waals surface area contributed by atoms with Gasteiger partial charge in [-0.1, -0.05) is 5.22 Å². The molecule has 184 valence electrons. The maximum absolute atomic E-state index is 13.0. The predicted octanol–water partition coefficient (Wildman–Crippen LogP) is 3.55. The molecule has 0 radical (unpaired) electrons. The molecule has 1 saturated heterocycles. The highest BCUT2D eigenvalue weighted by atomic mass is 32.2. The molecule has 0 unspecified atom stereocenters. The second kappa shape index (κ2) is 9.58. The third-order valence-corrected chi connectivity index (χ3v) is 7.07. The molecule has 34 heavy (non-hydrogen) atoms. The van der Waals surface area contributed by atoms with E-state index in [9.17, 15) is 31.5 Å². The molecule has 1 amide bonds. The van der Waals surface area contributed by atoms with E-state index in [1.54, 1.807) is 5.01 Å². The fourth-order valence-corrected chi connectivity index (χ4v) is 4.88. The number of nitrogens with zero attached hydrogens (tertiary/aromatic N) is 3. The van der Waals surface area contributed by atoms with Gasteiger partial charge in [0.05, 0.1) is 21.9 Å². The molecule has 1 aliphatic rings. The van der Waals surface area contributed by atoms with Crippen molar-refractivity contribution >= 4 is 32.8 Å². The smallest absolute Gasteiger partial charge is 0.398 e. The van der Waals surface area contributed by atoms with Crippen LogP contribution >= 0.6 is 0 Å². The van der Waals surface area contributed by atoms with Crippen LogP contribution in [0.4, 0.5) is 30.2 Å². The van der Waals surface area contributed by atoms with E-state index in [0.29, 0.717) is 11.8 Å². The van der Waals surface area contributed by atoms with Crippen LogP contribution in [0, 0.1) is 0 Å². The Labute approximate surface area is 194 Å². The van der Waals surface area contributed by atoms with Gasteiger partial charge in [0.1, 0.15) is 0 Å². The van der Waals surface area contributed by atoms with Gasteiger partial charge in [-0.3, -0.25) is 9.80 Å². The molecule has 1 heterocycles. The van der Waals surface area contributed by atoms with Crippen molar-refractivity contribution < 1.29 is 31.5 Å². The van der Waals surface area contributed by atoms with Crippen LogP contribution in [-0.4, -0.2) is 48.9 Å². The van der Waals surface area contributed by atoms with Gasteiger partial charge < -0.3 is 16.2 Å². The first-order valence-electron chi connectivity index (χ1n) is 10.3. The van der Waals surface area contributed by atoms with E-state index in [1.807, 2.05) is 0 Å². The summed E-state index contributed by atoms with van der Waals surface area (Å²) in [5.41, 5.74) is 1.32. The quantitative estimate of drug-likeness (QED) is 0.394. The molecule has 0 spiro atoms. The van der Waals surface area contributed by atoms with Gasteiger partial charge >= 0.3 is 6.18 Å². The Morgan fingerprint density at radius 3 is 2.35 bits per heavy atom. The van der Waals surface area contributed by atoms with Crippen LogP contribution in [0.1, 0.15) is 25.3 Å². The number of carbonyl (C=O) groups excluding carboxylic acids is 1. The SMILES string of the molecule is C[C@](O)(CS(=O)(=O)c1ccc(N=NN2CCCC2)cc1)C(=O)Nc1ccc(N)c(C(F)(F)F)c1. The lowest BCUT2D eigenvalue weighted by Gasteiger charge is -2.22. The van der Waals surface area contributed by atoms with Crippen molar-refractivity contribution in [3.8, 4) is 0 Å². The Morgan fingerprint density at radius 2 is 1.76 bits per heavy atom. The highest BCUT2D eigenvalue weighted by Crippen LogP contribution is 2.35. The molecular formula is C21H24F3N5O4S. The summed E-state index contributed by atoms with van der Waals surface area (Å²) in [5.74, 6) is -2.19. The number of alkyl halides is 3. The van der Waals surface area contributed by atoms with Crippen LogP contribution in [0.3, 0.4) is 0 Å². The zero-order valence-electron chi connectivity index (χ0n) is 18.2. The summed E-state index contributed by atoms with van der Waals surface area (Å²) in [7, 11) is -4.13. The van der Waals surface area contributed by atoms with E-state index in [2.05, 4.69) is 15.7 Å². The first-order valence-corrected chi connectivity index (χ1v) is 11.9. The average molecular weight is 500 g/mol. The Balaban J connectivity index is 1.70. The van der Waals surface area contributed by atoms with E-state index in [0.717, 1.165) is 45.0 Å². The number of halogens is 3. The summed E-state index contributed by atoms with van der Waals surface area (Å²) in [6.07, 6.45) is -2.69. The zero-order valence-corrected chi connectivity index (χ0v) is 19.0. The summed E-state index contributed by atoms with van der Waals surface area (Å²) >= 11 is 0. The first kappa shape index (κ1) is 25.4. The average Bonchev–Trinajstić information content (AvgIpc) is 3.26. The largest absolute Gasteiger partial charge is 0.418 e. The van der Waals surface area contributed by atoms with Crippen LogP contribution in [0.25, 0.3) is 0 Å². The topological polar surface area (TPSA) is 137 Å². The van der Waals surface area contributed by atoms with Gasteiger partial charge in [0.25, 0.3) is 5.91 Å². The molecule has 3 rings (SSSR count). The van der Waals surface area contributed by atoms with Gasteiger partial charge in [-0.05, 0) is 62.2 Å². The molecule has 1 aliphatic heterocycles. The summed E-state index contributed by atoms with van der Waals surface area (Å²) in [5, 5.41) is 22.5. The first-order chi connectivity index (χ1) is 15.8. The molecule has 0 bridgehead atoms. The molecular weight excluding hydrogens is 475 g/mol. The van der Waals surface area contributed by atoms with Crippen LogP contribution in [0.15, 0.2) is 57.7 Å². The third-order valence-electron chi connectivity index (χ3n) is 5.14. The Morgan fingerprint density at radius 1 is 1.15 bits per heavy atom.